The predicted octanol–water partition coefficient (Wildman–Crippen LogP) is 9.10. The maximum atomic E-state index is 13.7. The normalized spacial score (nSPS) is 14.5. The fourth-order valence-corrected chi connectivity index (χ4v) is 4.49. The molecule has 3 aromatic rings. The van der Waals surface area contributed by atoms with Crippen molar-refractivity contribution in [2.24, 2.45) is 5.41 Å². The molecule has 0 saturated carbocycles. The third kappa shape index (κ3) is 10.3. The maximum Gasteiger partial charge on any atom is 0.471 e. The van der Waals surface area contributed by atoms with Crippen molar-refractivity contribution in [2.45, 2.75) is 56.7 Å². The van der Waals surface area contributed by atoms with E-state index in [1.54, 1.807) is 24.3 Å². The van der Waals surface area contributed by atoms with E-state index in [0.29, 0.717) is 30.1 Å². The van der Waals surface area contributed by atoms with E-state index in [2.05, 4.69) is 23.5 Å². The van der Waals surface area contributed by atoms with Gasteiger partial charge in [-0.15, -0.1) is 0 Å². The molecule has 6 nitrogen and oxygen atoms in total. The first-order chi connectivity index (χ1) is 23.9. The zero-order valence-corrected chi connectivity index (χ0v) is 27.1. The first-order valence-electron chi connectivity index (χ1n) is 15.6. The zero-order chi connectivity index (χ0) is 37.3. The lowest BCUT2D eigenvalue weighted by Gasteiger charge is -2.37. The molecule has 15 heteroatoms. The van der Waals surface area contributed by atoms with Crippen molar-refractivity contribution < 1.29 is 68.0 Å². The molecule has 0 aliphatic carbocycles. The summed E-state index contributed by atoms with van der Waals surface area (Å²) in [7, 11) is 0. The Balaban J connectivity index is 1.19. The number of hydrogen-bond acceptors (Lipinski definition) is 6. The summed E-state index contributed by atoms with van der Waals surface area (Å²) < 4.78 is 143. The highest BCUT2D eigenvalue weighted by Gasteiger charge is 2.83. The number of carbonyl (C=O) groups is 1. The van der Waals surface area contributed by atoms with Crippen LogP contribution in [0.5, 0.6) is 17.2 Å². The van der Waals surface area contributed by atoms with Crippen LogP contribution in [0.4, 0.5) is 39.5 Å². The second-order valence-electron chi connectivity index (χ2n) is 12.1. The summed E-state index contributed by atoms with van der Waals surface area (Å²) in [5, 5.41) is 0. The molecule has 0 amide bonds. The fraction of sp³-hybridized carbons (Fsp3) is 0.417. The van der Waals surface area contributed by atoms with Gasteiger partial charge in [-0.05, 0) is 92.1 Å². The number of rotatable bonds is 16. The van der Waals surface area contributed by atoms with Crippen LogP contribution in [0, 0.1) is 17.3 Å². The summed E-state index contributed by atoms with van der Waals surface area (Å²) >= 11 is 0. The van der Waals surface area contributed by atoms with Crippen molar-refractivity contribution >= 4 is 5.97 Å². The van der Waals surface area contributed by atoms with Crippen LogP contribution in [0.25, 0.3) is 0 Å². The lowest BCUT2D eigenvalue weighted by Crippen LogP contribution is -2.62. The molecule has 1 aliphatic heterocycles. The standard InChI is InChI=1S/C36H33F9O6/c1-32(23-48-24-32)22-47-20-4-2-3-5-21-49-28-18-12-27(13-19-28)31(46)50-29-14-8-25(9-15-29)6-7-26-10-16-30(17-11-26)51-36(44,45)34(39,40)33(37,38)35(41,42)43/h8-19H,2-5,20-24H2,1H3. The molecule has 0 radical (unpaired) electrons. The van der Waals surface area contributed by atoms with Crippen molar-refractivity contribution in [3.05, 3.63) is 89.5 Å². The Morgan fingerprint density at radius 3 is 1.71 bits per heavy atom. The van der Waals surface area contributed by atoms with E-state index in [4.69, 9.17) is 18.9 Å². The molecule has 4 rings (SSSR count). The average molecular weight is 733 g/mol. The van der Waals surface area contributed by atoms with Crippen molar-refractivity contribution in [1.82, 2.24) is 0 Å². The number of benzene rings is 3. The van der Waals surface area contributed by atoms with Gasteiger partial charge in [0.25, 0.3) is 0 Å². The first-order valence-corrected chi connectivity index (χ1v) is 15.6. The van der Waals surface area contributed by atoms with Gasteiger partial charge in [0.1, 0.15) is 17.2 Å². The number of hydrogen-bond donors (Lipinski definition) is 0. The molecule has 0 bridgehead atoms. The van der Waals surface area contributed by atoms with E-state index in [1.807, 2.05) is 0 Å². The van der Waals surface area contributed by atoms with E-state index in [0.717, 1.165) is 64.2 Å². The lowest BCUT2D eigenvalue weighted by atomic mass is 9.90. The van der Waals surface area contributed by atoms with Gasteiger partial charge >= 0.3 is 30.1 Å². The van der Waals surface area contributed by atoms with Crippen LogP contribution in [0.15, 0.2) is 72.8 Å². The molecular weight excluding hydrogens is 699 g/mol. The molecule has 0 unspecified atom stereocenters. The monoisotopic (exact) mass is 732 g/mol. The van der Waals surface area contributed by atoms with Crippen LogP contribution < -0.4 is 14.2 Å². The van der Waals surface area contributed by atoms with Crippen molar-refractivity contribution in [2.75, 3.05) is 33.0 Å². The number of unbranched alkanes of at least 4 members (excludes halogenated alkanes) is 3. The van der Waals surface area contributed by atoms with Gasteiger partial charge in [-0.3, -0.25) is 0 Å². The summed E-state index contributed by atoms with van der Waals surface area (Å²) in [4.78, 5) is 12.6. The summed E-state index contributed by atoms with van der Waals surface area (Å²) in [5.41, 5.74) is 0.995. The van der Waals surface area contributed by atoms with Crippen molar-refractivity contribution in [1.29, 1.82) is 0 Å². The first kappa shape index (κ1) is 39.4. The third-order valence-corrected chi connectivity index (χ3v) is 7.53. The Kier molecular flexibility index (Phi) is 12.6. The number of carbonyl (C=O) groups excluding carboxylic acids is 1. The molecule has 0 N–H and O–H groups in total. The minimum absolute atomic E-state index is 0.131. The Bertz CT molecular complexity index is 1640. The summed E-state index contributed by atoms with van der Waals surface area (Å²) in [5.74, 6) is -9.55. The van der Waals surface area contributed by atoms with Crippen LogP contribution >= 0.6 is 0 Å². The topological polar surface area (TPSA) is 63.2 Å². The molecule has 1 saturated heterocycles. The number of alkyl halides is 9. The van der Waals surface area contributed by atoms with E-state index >= 15 is 0 Å². The van der Waals surface area contributed by atoms with Crippen LogP contribution in [0.2, 0.25) is 0 Å². The summed E-state index contributed by atoms with van der Waals surface area (Å²) in [6.07, 6.45) is -9.26. The van der Waals surface area contributed by atoms with Gasteiger partial charge in [-0.1, -0.05) is 25.2 Å². The van der Waals surface area contributed by atoms with E-state index < -0.39 is 35.8 Å². The van der Waals surface area contributed by atoms with E-state index in [-0.39, 0.29) is 22.3 Å². The second kappa shape index (κ2) is 16.3. The van der Waals surface area contributed by atoms with Gasteiger partial charge in [0.15, 0.2) is 0 Å². The van der Waals surface area contributed by atoms with Gasteiger partial charge in [-0.2, -0.15) is 39.5 Å². The molecule has 3 aromatic carbocycles. The predicted molar refractivity (Wildman–Crippen MR) is 165 cm³/mol. The van der Waals surface area contributed by atoms with Crippen LogP contribution in [0.1, 0.15) is 54.1 Å². The minimum atomic E-state index is -7.06. The second-order valence-corrected chi connectivity index (χ2v) is 12.1. The van der Waals surface area contributed by atoms with Gasteiger partial charge in [0, 0.05) is 23.1 Å². The van der Waals surface area contributed by atoms with Gasteiger partial charge in [-0.25, -0.2) is 4.79 Å². The summed E-state index contributed by atoms with van der Waals surface area (Å²) in [6.45, 7) is 5.64. The van der Waals surface area contributed by atoms with Crippen LogP contribution in [-0.2, 0) is 9.47 Å². The minimum Gasteiger partial charge on any atom is -0.494 e. The van der Waals surface area contributed by atoms with E-state index in [1.165, 1.54) is 24.3 Å². The molecule has 0 atom stereocenters. The average Bonchev–Trinajstić information content (AvgIpc) is 3.06. The Morgan fingerprint density at radius 2 is 1.20 bits per heavy atom. The van der Waals surface area contributed by atoms with Crippen molar-refractivity contribution in [3.8, 4) is 29.1 Å². The molecule has 1 heterocycles. The van der Waals surface area contributed by atoms with Crippen molar-refractivity contribution in [3.63, 3.8) is 0 Å². The number of esters is 1. The van der Waals surface area contributed by atoms with Crippen LogP contribution in [0.3, 0.4) is 0 Å². The Hall–Kier alpha value is -4.42. The molecule has 0 spiro atoms. The molecule has 0 aromatic heterocycles. The molecule has 51 heavy (non-hydrogen) atoms. The van der Waals surface area contributed by atoms with Gasteiger partial charge in [0.05, 0.1) is 32.0 Å². The number of halogens is 9. The number of ether oxygens (including phenoxy) is 5. The van der Waals surface area contributed by atoms with E-state index in [9.17, 15) is 44.3 Å². The molecule has 1 aliphatic rings. The quantitative estimate of drug-likeness (QED) is 0.0482. The maximum absolute atomic E-state index is 13.7. The van der Waals surface area contributed by atoms with Crippen LogP contribution in [-0.4, -0.2) is 63.1 Å². The highest BCUT2D eigenvalue weighted by molar-refractivity contribution is 5.91. The molecule has 1 fully saturated rings. The Labute approximate surface area is 287 Å². The molecular formula is C36H33F9O6. The largest absolute Gasteiger partial charge is 0.494 e. The van der Waals surface area contributed by atoms with Gasteiger partial charge in [0.2, 0.25) is 0 Å². The molecule has 276 valence electrons. The third-order valence-electron chi connectivity index (χ3n) is 7.53. The lowest BCUT2D eigenvalue weighted by molar-refractivity contribution is -0.428. The summed E-state index contributed by atoms with van der Waals surface area (Å²) in [6, 6.07) is 15.7. The Morgan fingerprint density at radius 1 is 0.686 bits per heavy atom. The highest BCUT2D eigenvalue weighted by atomic mass is 19.4. The SMILES string of the molecule is CC1(COCCCCCCOc2ccc(C(=O)Oc3ccc(C#Cc4ccc(OC(F)(F)C(F)(F)C(F)(F)C(F)(F)F)cc4)cc3)cc2)COC1. The zero-order valence-electron chi connectivity index (χ0n) is 27.1. The van der Waals surface area contributed by atoms with Gasteiger partial charge < -0.3 is 23.7 Å². The smallest absolute Gasteiger partial charge is 0.471 e. The fourth-order valence-electron chi connectivity index (χ4n) is 4.49. The highest BCUT2D eigenvalue weighted by Crippen LogP contribution is 2.53.